The number of ketones is 1. The van der Waals surface area contributed by atoms with Crippen molar-refractivity contribution < 1.29 is 59.5 Å². The summed E-state index contributed by atoms with van der Waals surface area (Å²) in [6, 6.07) is 8.91. The van der Waals surface area contributed by atoms with Crippen molar-refractivity contribution in [3.8, 4) is 11.8 Å². The van der Waals surface area contributed by atoms with Crippen molar-refractivity contribution in [1.82, 2.24) is 58.6 Å². The quantitative estimate of drug-likeness (QED) is 0.0290. The number of aromatic nitrogens is 12. The zero-order valence-corrected chi connectivity index (χ0v) is 47.1. The lowest BCUT2D eigenvalue weighted by atomic mass is 10.0. The third-order valence-electron chi connectivity index (χ3n) is 14.1. The number of hydrogen-bond acceptors (Lipinski definition) is 25. The standard InChI is InChI=1S/C24H26N6O6.C18H19IN6O5.C10H12N4O4/c1-14(32)5-3-4-6-16-7-8-17(18(9-16)30(34)35)15(2)28-23-22-24(26-12-25-23)29(13-27-22)21-10-19(33)20(11-31)36-21;1-9(11-3-2-10(19)4-12(11)25(28)29)23-17-16-18(21-7-20-17)24(8-22-16)15-5-13(27)14(6-26)30-15;15-2-6-5(16)1-7(18-6)14-4-13-8-9(14)11-3-12-10(8)17/h7-9,12-13,15,19-21,31,33H,3,5,10-11H2,1-2H3,(H,25,26,28);2-4,7-9,13-15,26-27H,5-6H2,1H3,(H,20,21,23);3-7,15-16H,1-2H2,(H,11,12,17)/t15?,19?,20-,21-;9?,13?,14-,15-;5?,6-,7-/m111/s1. The Morgan fingerprint density at radius 1 is 0.690 bits per heavy atom. The van der Waals surface area contributed by atoms with Gasteiger partial charge >= 0.3 is 0 Å². The molecular formula is C52H57IN16O15. The zero-order chi connectivity index (χ0) is 59.9. The smallest absolute Gasteiger partial charge is 0.278 e. The Balaban J connectivity index is 0.000000159. The Hall–Kier alpha value is -8.11. The SMILES string of the molecule is CC(=O)CCC#Cc1ccc(C(C)Nc2ncnc3c2ncn3[C@H]2CC(O)[C@@H](CO)O2)c([N+](=O)[O-])c1.CC(Nc1ncnc2c1ncn2[C@H]1CC(O)[C@@H](CO)O1)c1ccc(I)cc1[N+](=O)[O-].O=c1[nH]cnc2c1ncn2[C@H]1CC(O)[C@@H](CO)O1. The molecule has 8 aromatic rings. The molecular weight excluding hydrogens is 1220 g/mol. The van der Waals surface area contributed by atoms with Crippen molar-refractivity contribution in [2.75, 3.05) is 30.5 Å². The van der Waals surface area contributed by atoms with E-state index >= 15 is 0 Å². The Kier molecular flexibility index (Phi) is 19.2. The van der Waals surface area contributed by atoms with Crippen LogP contribution < -0.4 is 16.2 Å². The van der Waals surface area contributed by atoms with Gasteiger partial charge in [-0.3, -0.25) is 43.5 Å². The fraction of sp³-hybridized carbons (Fsp3) is 0.423. The number of aromatic amines is 1. The number of carbonyl (C=O) groups excluding carboxylic acids is 1. The van der Waals surface area contributed by atoms with Crippen molar-refractivity contribution in [1.29, 1.82) is 0 Å². The van der Waals surface area contributed by atoms with Gasteiger partial charge in [-0.25, -0.2) is 39.9 Å². The van der Waals surface area contributed by atoms with Gasteiger partial charge in [0.05, 0.1) is 96.5 Å². The Morgan fingerprint density at radius 2 is 1.13 bits per heavy atom. The highest BCUT2D eigenvalue weighted by molar-refractivity contribution is 14.1. The fourth-order valence-electron chi connectivity index (χ4n) is 9.72. The van der Waals surface area contributed by atoms with E-state index in [1.165, 1.54) is 50.7 Å². The fourth-order valence-corrected chi connectivity index (χ4v) is 10.2. The molecule has 0 amide bonds. The molecule has 9 N–H and O–H groups in total. The molecule has 0 saturated carbocycles. The highest BCUT2D eigenvalue weighted by Gasteiger charge is 2.38. The van der Waals surface area contributed by atoms with E-state index in [0.29, 0.717) is 82.0 Å². The molecule has 9 heterocycles. The number of Topliss-reactive ketones (excluding diaryl/α,β-unsaturated/α-hetero) is 1. The number of nitrogens with one attached hydrogen (secondary N) is 3. The summed E-state index contributed by atoms with van der Waals surface area (Å²) in [7, 11) is 0. The van der Waals surface area contributed by atoms with Crippen molar-refractivity contribution in [3.63, 3.8) is 0 Å². The van der Waals surface area contributed by atoms with Gasteiger partial charge in [0.15, 0.2) is 45.1 Å². The molecule has 2 aromatic carbocycles. The second kappa shape index (κ2) is 26.6. The summed E-state index contributed by atoms with van der Waals surface area (Å²) in [6.45, 7) is 4.24. The molecule has 0 aliphatic carbocycles. The van der Waals surface area contributed by atoms with E-state index in [2.05, 4.69) is 67.3 Å². The predicted molar refractivity (Wildman–Crippen MR) is 303 cm³/mol. The number of halogens is 1. The van der Waals surface area contributed by atoms with Crippen LogP contribution >= 0.6 is 22.6 Å². The molecule has 0 spiro atoms. The lowest BCUT2D eigenvalue weighted by Crippen LogP contribution is -2.24. The van der Waals surface area contributed by atoms with Crippen molar-refractivity contribution >= 4 is 84.9 Å². The minimum absolute atomic E-state index is 0.0288. The van der Waals surface area contributed by atoms with Gasteiger partial charge in [0, 0.05) is 53.4 Å². The molecule has 31 nitrogen and oxygen atoms in total. The van der Waals surface area contributed by atoms with Gasteiger partial charge in [-0.15, -0.1) is 0 Å². The van der Waals surface area contributed by atoms with E-state index in [1.807, 2.05) is 35.6 Å². The number of hydrogen-bond donors (Lipinski definition) is 9. The average molecular weight is 1270 g/mol. The maximum Gasteiger partial charge on any atom is 0.278 e. The minimum Gasteiger partial charge on any atom is -0.394 e. The van der Waals surface area contributed by atoms with E-state index in [0.717, 1.165) is 3.57 Å². The Labute approximate surface area is 488 Å². The zero-order valence-electron chi connectivity index (χ0n) is 45.0. The predicted octanol–water partition coefficient (Wildman–Crippen LogP) is 3.18. The third-order valence-corrected chi connectivity index (χ3v) is 14.7. The van der Waals surface area contributed by atoms with Gasteiger partial charge < -0.3 is 60.5 Å². The molecule has 84 heavy (non-hydrogen) atoms. The molecule has 0 bridgehead atoms. The van der Waals surface area contributed by atoms with Crippen molar-refractivity contribution in [3.05, 3.63) is 125 Å². The Morgan fingerprint density at radius 3 is 1.57 bits per heavy atom. The van der Waals surface area contributed by atoms with E-state index in [-0.39, 0.29) is 54.5 Å². The second-order valence-electron chi connectivity index (χ2n) is 19.7. The van der Waals surface area contributed by atoms with Crippen LogP contribution in [0, 0.1) is 35.6 Å². The summed E-state index contributed by atoms with van der Waals surface area (Å²) in [4.78, 5) is 81.2. The monoisotopic (exact) mass is 1270 g/mol. The van der Waals surface area contributed by atoms with Gasteiger partial charge in [0.2, 0.25) is 0 Å². The van der Waals surface area contributed by atoms with Crippen molar-refractivity contribution in [2.45, 2.75) is 120 Å². The molecule has 5 unspecified atom stereocenters. The molecule has 3 aliphatic heterocycles. The van der Waals surface area contributed by atoms with E-state index in [9.17, 15) is 55.4 Å². The number of imidazole rings is 3. The number of fused-ring (bicyclic) bond motifs is 3. The molecule has 0 radical (unpaired) electrons. The van der Waals surface area contributed by atoms with Crippen LogP contribution in [0.2, 0.25) is 0 Å². The maximum atomic E-state index is 11.8. The van der Waals surface area contributed by atoms with E-state index in [4.69, 9.17) is 19.3 Å². The number of carbonyl (C=O) groups is 1. The number of nitro groups is 2. The molecule has 11 rings (SSSR count). The summed E-state index contributed by atoms with van der Waals surface area (Å²) in [5.41, 5.74) is 3.56. The third kappa shape index (κ3) is 13.3. The number of ether oxygens (including phenoxy) is 3. The Bertz CT molecular complexity index is 3810. The number of anilines is 2. The number of benzene rings is 2. The van der Waals surface area contributed by atoms with Crippen LogP contribution in [0.5, 0.6) is 0 Å². The van der Waals surface area contributed by atoms with Crippen LogP contribution in [-0.4, -0.2) is 161 Å². The molecule has 442 valence electrons. The van der Waals surface area contributed by atoms with Crippen LogP contribution in [-0.2, 0) is 19.0 Å². The summed E-state index contributed by atoms with van der Waals surface area (Å²) >= 11 is 2.04. The first-order valence-electron chi connectivity index (χ1n) is 26.2. The van der Waals surface area contributed by atoms with Crippen LogP contribution in [0.3, 0.4) is 0 Å². The second-order valence-corrected chi connectivity index (χ2v) is 21.0. The highest BCUT2D eigenvalue weighted by atomic mass is 127. The highest BCUT2D eigenvalue weighted by Crippen LogP contribution is 2.36. The number of aliphatic hydroxyl groups excluding tert-OH is 6. The summed E-state index contributed by atoms with van der Waals surface area (Å²) in [5, 5.41) is 87.0. The largest absolute Gasteiger partial charge is 0.394 e. The van der Waals surface area contributed by atoms with Gasteiger partial charge in [-0.1, -0.05) is 11.8 Å². The van der Waals surface area contributed by atoms with Crippen LogP contribution in [0.4, 0.5) is 23.0 Å². The molecule has 6 aromatic heterocycles. The van der Waals surface area contributed by atoms with Crippen molar-refractivity contribution in [2.24, 2.45) is 0 Å². The van der Waals surface area contributed by atoms with Crippen LogP contribution in [0.15, 0.2) is 79.2 Å². The summed E-state index contributed by atoms with van der Waals surface area (Å²) < 4.78 is 22.6. The topological polar surface area (TPSA) is 427 Å². The van der Waals surface area contributed by atoms with Crippen LogP contribution in [0.1, 0.15) is 100 Å². The minimum atomic E-state index is -0.806. The first-order valence-corrected chi connectivity index (χ1v) is 27.3. The maximum absolute atomic E-state index is 11.8. The van der Waals surface area contributed by atoms with E-state index < -0.39 is 77.2 Å². The van der Waals surface area contributed by atoms with Gasteiger partial charge in [0.25, 0.3) is 16.9 Å². The summed E-state index contributed by atoms with van der Waals surface area (Å²) in [6.07, 6.45) is 4.33. The lowest BCUT2D eigenvalue weighted by Gasteiger charge is -2.16. The summed E-state index contributed by atoms with van der Waals surface area (Å²) in [5.74, 6) is 6.58. The molecule has 3 saturated heterocycles. The first-order chi connectivity index (χ1) is 40.4. The van der Waals surface area contributed by atoms with Gasteiger partial charge in [-0.05, 0) is 67.6 Å². The molecule has 3 fully saturated rings. The average Bonchev–Trinajstić information content (AvgIpc) is 4.57. The van der Waals surface area contributed by atoms with Gasteiger partial charge in [-0.2, -0.15) is 0 Å². The normalized spacial score (nSPS) is 22.6. The molecule has 32 heteroatoms. The lowest BCUT2D eigenvalue weighted by molar-refractivity contribution is -0.385. The number of aliphatic hydroxyl groups is 6. The molecule has 11 atom stereocenters. The number of nitro benzene ring substituents is 2. The number of rotatable bonds is 16. The van der Waals surface area contributed by atoms with E-state index in [1.54, 1.807) is 45.2 Å². The first kappa shape index (κ1) is 60.5. The molecule has 3 aliphatic rings. The number of H-pyrrole nitrogens is 1. The van der Waals surface area contributed by atoms with Gasteiger partial charge in [0.1, 0.15) is 55.4 Å². The van der Waals surface area contributed by atoms with Crippen LogP contribution in [0.25, 0.3) is 33.5 Å². The number of nitrogens with zero attached hydrogens (tertiary/aromatic N) is 13.